The molecule has 0 amide bonds. The van der Waals surface area contributed by atoms with Crippen molar-refractivity contribution in [2.75, 3.05) is 7.11 Å². The molecular weight excluding hydrogens is 236 g/mol. The highest BCUT2D eigenvalue weighted by molar-refractivity contribution is 5.34. The van der Waals surface area contributed by atoms with Crippen molar-refractivity contribution in [3.8, 4) is 5.88 Å². The second-order valence-corrected chi connectivity index (χ2v) is 4.88. The highest BCUT2D eigenvalue weighted by atomic mass is 16.5. The van der Waals surface area contributed by atoms with Crippen LogP contribution in [0.2, 0.25) is 0 Å². The lowest BCUT2D eigenvalue weighted by Gasteiger charge is -2.14. The zero-order valence-electron chi connectivity index (χ0n) is 11.1. The van der Waals surface area contributed by atoms with Gasteiger partial charge in [-0.1, -0.05) is 24.3 Å². The van der Waals surface area contributed by atoms with E-state index >= 15 is 0 Å². The fourth-order valence-corrected chi connectivity index (χ4v) is 2.68. The number of hydrogen-bond donors (Lipinski definition) is 1. The molecule has 2 aromatic rings. The van der Waals surface area contributed by atoms with Crippen molar-refractivity contribution in [2.45, 2.75) is 25.4 Å². The molecule has 1 aromatic carbocycles. The van der Waals surface area contributed by atoms with Crippen molar-refractivity contribution >= 4 is 0 Å². The number of rotatable bonds is 4. The van der Waals surface area contributed by atoms with Crippen LogP contribution in [-0.4, -0.2) is 12.1 Å². The van der Waals surface area contributed by atoms with E-state index in [4.69, 9.17) is 4.74 Å². The lowest BCUT2D eigenvalue weighted by atomic mass is 10.1. The Morgan fingerprint density at radius 2 is 2.21 bits per heavy atom. The summed E-state index contributed by atoms with van der Waals surface area (Å²) in [5, 5.41) is 3.62. The molecule has 0 spiro atoms. The van der Waals surface area contributed by atoms with Crippen LogP contribution < -0.4 is 10.1 Å². The average Bonchev–Trinajstić information content (AvgIpc) is 2.89. The molecule has 3 heteroatoms. The van der Waals surface area contributed by atoms with Crippen LogP contribution in [0.5, 0.6) is 5.88 Å². The third-order valence-corrected chi connectivity index (χ3v) is 3.69. The van der Waals surface area contributed by atoms with Gasteiger partial charge in [0.05, 0.1) is 7.11 Å². The molecular formula is C16H18N2O. The first-order valence-corrected chi connectivity index (χ1v) is 6.67. The molecule has 1 aliphatic carbocycles. The molecule has 0 bridgehead atoms. The largest absolute Gasteiger partial charge is 0.481 e. The van der Waals surface area contributed by atoms with E-state index in [9.17, 15) is 0 Å². The lowest BCUT2D eigenvalue weighted by molar-refractivity contribution is 0.396. The first kappa shape index (κ1) is 12.2. The minimum Gasteiger partial charge on any atom is -0.481 e. The van der Waals surface area contributed by atoms with Crippen LogP contribution in [0, 0.1) is 0 Å². The number of methoxy groups -OCH3 is 1. The van der Waals surface area contributed by atoms with Crippen molar-refractivity contribution in [2.24, 2.45) is 0 Å². The lowest BCUT2D eigenvalue weighted by Crippen LogP contribution is -2.18. The van der Waals surface area contributed by atoms with Crippen LogP contribution in [0.4, 0.5) is 0 Å². The maximum atomic E-state index is 5.14. The number of nitrogens with zero attached hydrogens (tertiary/aromatic N) is 1. The van der Waals surface area contributed by atoms with E-state index in [-0.39, 0.29) is 0 Å². The summed E-state index contributed by atoms with van der Waals surface area (Å²) < 4.78 is 5.14. The number of fused-ring (bicyclic) bond motifs is 1. The van der Waals surface area contributed by atoms with Crippen LogP contribution in [0.25, 0.3) is 0 Å². The van der Waals surface area contributed by atoms with Crippen LogP contribution in [0.1, 0.15) is 29.2 Å². The molecule has 0 saturated heterocycles. The number of aromatic nitrogens is 1. The summed E-state index contributed by atoms with van der Waals surface area (Å²) in [5.41, 5.74) is 4.13. The van der Waals surface area contributed by atoms with Gasteiger partial charge in [-0.3, -0.25) is 0 Å². The van der Waals surface area contributed by atoms with Crippen LogP contribution in [0.15, 0.2) is 42.6 Å². The van der Waals surface area contributed by atoms with E-state index < -0.39 is 0 Å². The van der Waals surface area contributed by atoms with E-state index in [0.717, 1.165) is 6.54 Å². The van der Waals surface area contributed by atoms with Gasteiger partial charge < -0.3 is 10.1 Å². The summed E-state index contributed by atoms with van der Waals surface area (Å²) in [5.74, 6) is 0.672. The quantitative estimate of drug-likeness (QED) is 0.911. The Morgan fingerprint density at radius 1 is 1.32 bits per heavy atom. The Morgan fingerprint density at radius 3 is 3.11 bits per heavy atom. The van der Waals surface area contributed by atoms with Gasteiger partial charge in [-0.2, -0.15) is 0 Å². The fraction of sp³-hybridized carbons (Fsp3) is 0.312. The van der Waals surface area contributed by atoms with Crippen molar-refractivity contribution < 1.29 is 4.74 Å². The van der Waals surface area contributed by atoms with E-state index in [2.05, 4.69) is 34.6 Å². The van der Waals surface area contributed by atoms with Crippen molar-refractivity contribution in [1.29, 1.82) is 0 Å². The Bertz CT molecular complexity index is 568. The molecule has 98 valence electrons. The van der Waals surface area contributed by atoms with Gasteiger partial charge in [0.1, 0.15) is 0 Å². The predicted molar refractivity (Wildman–Crippen MR) is 75.1 cm³/mol. The maximum Gasteiger partial charge on any atom is 0.213 e. The Balaban J connectivity index is 1.67. The van der Waals surface area contributed by atoms with E-state index in [1.165, 1.54) is 29.5 Å². The number of ether oxygens (including phenoxy) is 1. The Labute approximate surface area is 113 Å². The van der Waals surface area contributed by atoms with Crippen LogP contribution in [-0.2, 0) is 13.0 Å². The van der Waals surface area contributed by atoms with Gasteiger partial charge in [-0.15, -0.1) is 0 Å². The first-order valence-electron chi connectivity index (χ1n) is 6.67. The highest BCUT2D eigenvalue weighted by Gasteiger charge is 2.20. The zero-order valence-corrected chi connectivity index (χ0v) is 11.1. The summed E-state index contributed by atoms with van der Waals surface area (Å²) in [6.07, 6.45) is 4.15. The van der Waals surface area contributed by atoms with Crippen molar-refractivity contribution in [3.63, 3.8) is 0 Å². The molecule has 1 unspecified atom stereocenters. The molecule has 0 radical (unpaired) electrons. The van der Waals surface area contributed by atoms with Crippen molar-refractivity contribution in [3.05, 3.63) is 59.3 Å². The summed E-state index contributed by atoms with van der Waals surface area (Å²) in [6, 6.07) is 13.2. The standard InChI is InChI=1S/C16H18N2O/c1-19-16-10-12(8-9-17-16)11-18-15-7-6-13-4-2-3-5-14(13)15/h2-5,8-10,15,18H,6-7,11H2,1H3. The highest BCUT2D eigenvalue weighted by Crippen LogP contribution is 2.30. The maximum absolute atomic E-state index is 5.14. The first-order chi connectivity index (χ1) is 9.36. The number of benzene rings is 1. The van der Waals surface area contributed by atoms with E-state index in [1.807, 2.05) is 12.1 Å². The van der Waals surface area contributed by atoms with E-state index in [1.54, 1.807) is 13.3 Å². The Hall–Kier alpha value is -1.87. The predicted octanol–water partition coefficient (Wildman–Crippen LogP) is 2.87. The molecule has 3 rings (SSSR count). The Kier molecular flexibility index (Phi) is 3.47. The minimum atomic E-state index is 0.468. The monoisotopic (exact) mass is 254 g/mol. The molecule has 3 nitrogen and oxygen atoms in total. The zero-order chi connectivity index (χ0) is 13.1. The summed E-state index contributed by atoms with van der Waals surface area (Å²) in [4.78, 5) is 4.12. The number of aryl methyl sites for hydroxylation is 1. The van der Waals surface area contributed by atoms with E-state index in [0.29, 0.717) is 11.9 Å². The van der Waals surface area contributed by atoms with Gasteiger partial charge in [0.15, 0.2) is 0 Å². The number of pyridine rings is 1. The number of hydrogen-bond acceptors (Lipinski definition) is 3. The number of nitrogens with one attached hydrogen (secondary N) is 1. The molecule has 0 saturated carbocycles. The third kappa shape index (κ3) is 2.61. The summed E-state index contributed by atoms with van der Waals surface area (Å²) in [6.45, 7) is 0.845. The molecule has 1 aliphatic rings. The normalized spacial score (nSPS) is 17.2. The van der Waals surface area contributed by atoms with Gasteiger partial charge in [0.25, 0.3) is 0 Å². The molecule has 1 heterocycles. The molecule has 0 fully saturated rings. The summed E-state index contributed by atoms with van der Waals surface area (Å²) >= 11 is 0. The molecule has 19 heavy (non-hydrogen) atoms. The van der Waals surface area contributed by atoms with Gasteiger partial charge in [0, 0.05) is 24.8 Å². The average molecular weight is 254 g/mol. The summed E-state index contributed by atoms with van der Waals surface area (Å²) in [7, 11) is 1.65. The molecule has 1 aromatic heterocycles. The van der Waals surface area contributed by atoms with Gasteiger partial charge >= 0.3 is 0 Å². The third-order valence-electron chi connectivity index (χ3n) is 3.69. The van der Waals surface area contributed by atoms with Gasteiger partial charge in [0.2, 0.25) is 5.88 Å². The fourth-order valence-electron chi connectivity index (χ4n) is 2.68. The molecule has 1 N–H and O–H groups in total. The van der Waals surface area contributed by atoms with Gasteiger partial charge in [-0.25, -0.2) is 4.98 Å². The second-order valence-electron chi connectivity index (χ2n) is 4.88. The topological polar surface area (TPSA) is 34.1 Å². The van der Waals surface area contributed by atoms with Crippen molar-refractivity contribution in [1.82, 2.24) is 10.3 Å². The second kappa shape index (κ2) is 5.41. The molecule has 1 atom stereocenters. The minimum absolute atomic E-state index is 0.468. The van der Waals surface area contributed by atoms with Crippen LogP contribution in [0.3, 0.4) is 0 Å². The van der Waals surface area contributed by atoms with Crippen LogP contribution >= 0.6 is 0 Å². The smallest absolute Gasteiger partial charge is 0.213 e. The SMILES string of the molecule is COc1cc(CNC2CCc3ccccc32)ccn1. The molecule has 0 aliphatic heterocycles. The van der Waals surface area contributed by atoms with Gasteiger partial charge in [-0.05, 0) is 35.6 Å².